The average Bonchev–Trinajstić information content (AvgIpc) is 2.36. The number of hydrogen-bond acceptors (Lipinski definition) is 6. The Bertz CT molecular complexity index is 440. The summed E-state index contributed by atoms with van der Waals surface area (Å²) < 4.78 is 36.9. The topological polar surface area (TPSA) is 104 Å². The first kappa shape index (κ1) is 15.1. The van der Waals surface area contributed by atoms with Crippen molar-refractivity contribution in [3.8, 4) is 0 Å². The second kappa shape index (κ2) is 6.29. The fourth-order valence-electron chi connectivity index (χ4n) is 1.29. The molecule has 1 rings (SSSR count). The van der Waals surface area contributed by atoms with Crippen LogP contribution >= 0.6 is 0 Å². The Kier molecular flexibility index (Phi) is 5.01. The lowest BCUT2D eigenvalue weighted by Gasteiger charge is -2.22. The van der Waals surface area contributed by atoms with Crippen LogP contribution in [0.2, 0.25) is 0 Å². The standard InChI is InChI=1S/C9H12F3N5O2/c10-9(11,12)5-17(1-2-18)8(19)6-3-14-4-7(15-6)16-13/h3-4,18H,1-2,5,13H2,(H,15,16). The summed E-state index contributed by atoms with van der Waals surface area (Å²) >= 11 is 0. The van der Waals surface area contributed by atoms with Gasteiger partial charge in [-0.1, -0.05) is 0 Å². The van der Waals surface area contributed by atoms with Crippen molar-refractivity contribution in [1.82, 2.24) is 14.9 Å². The maximum atomic E-state index is 12.3. The molecule has 10 heteroatoms. The lowest BCUT2D eigenvalue weighted by molar-refractivity contribution is -0.141. The van der Waals surface area contributed by atoms with Gasteiger partial charge in [-0.25, -0.2) is 10.8 Å². The molecule has 7 nitrogen and oxygen atoms in total. The van der Waals surface area contributed by atoms with Crippen LogP contribution in [0, 0.1) is 0 Å². The number of nitrogen functional groups attached to an aromatic ring is 1. The van der Waals surface area contributed by atoms with Gasteiger partial charge < -0.3 is 15.4 Å². The molecular formula is C9H12F3N5O2. The minimum atomic E-state index is -4.57. The molecule has 0 aliphatic rings. The Morgan fingerprint density at radius 1 is 1.47 bits per heavy atom. The van der Waals surface area contributed by atoms with Crippen molar-refractivity contribution >= 4 is 11.7 Å². The molecule has 0 bridgehead atoms. The van der Waals surface area contributed by atoms with Crippen LogP contribution in [0.25, 0.3) is 0 Å². The molecule has 0 saturated heterocycles. The van der Waals surface area contributed by atoms with E-state index in [-0.39, 0.29) is 11.5 Å². The number of hydrogen-bond donors (Lipinski definition) is 3. The van der Waals surface area contributed by atoms with E-state index in [1.165, 1.54) is 6.20 Å². The number of aliphatic hydroxyl groups excluding tert-OH is 1. The number of nitrogens with two attached hydrogens (primary N) is 1. The Morgan fingerprint density at radius 3 is 2.68 bits per heavy atom. The van der Waals surface area contributed by atoms with Gasteiger partial charge in [-0.05, 0) is 0 Å². The first-order valence-electron chi connectivity index (χ1n) is 5.13. The SMILES string of the molecule is NNc1cncc(C(=O)N(CCO)CC(F)(F)F)n1. The maximum absolute atomic E-state index is 12.3. The second-order valence-corrected chi connectivity index (χ2v) is 3.50. The van der Waals surface area contributed by atoms with E-state index in [0.717, 1.165) is 6.20 Å². The molecule has 19 heavy (non-hydrogen) atoms. The van der Waals surface area contributed by atoms with E-state index in [1.54, 1.807) is 0 Å². The molecule has 0 spiro atoms. The number of anilines is 1. The van der Waals surface area contributed by atoms with E-state index in [0.29, 0.717) is 4.90 Å². The number of nitrogens with one attached hydrogen (secondary N) is 1. The van der Waals surface area contributed by atoms with Crippen LogP contribution in [0.5, 0.6) is 0 Å². The first-order valence-corrected chi connectivity index (χ1v) is 5.13. The van der Waals surface area contributed by atoms with E-state index in [2.05, 4.69) is 15.4 Å². The normalized spacial score (nSPS) is 11.2. The van der Waals surface area contributed by atoms with Crippen molar-refractivity contribution in [2.75, 3.05) is 25.1 Å². The highest BCUT2D eigenvalue weighted by molar-refractivity contribution is 5.92. The van der Waals surface area contributed by atoms with Gasteiger partial charge in [0.1, 0.15) is 12.2 Å². The summed E-state index contributed by atoms with van der Waals surface area (Å²) in [4.78, 5) is 19.6. The predicted octanol–water partition coefficient (Wildman–Crippen LogP) is -0.241. The highest BCUT2D eigenvalue weighted by Gasteiger charge is 2.33. The highest BCUT2D eigenvalue weighted by atomic mass is 19.4. The van der Waals surface area contributed by atoms with Crippen molar-refractivity contribution in [3.63, 3.8) is 0 Å². The molecule has 0 fully saturated rings. The summed E-state index contributed by atoms with van der Waals surface area (Å²) in [5.74, 6) is 4.11. The molecule has 4 N–H and O–H groups in total. The summed E-state index contributed by atoms with van der Waals surface area (Å²) in [5.41, 5.74) is 1.83. The predicted molar refractivity (Wildman–Crippen MR) is 58.9 cm³/mol. The lowest BCUT2D eigenvalue weighted by atomic mass is 10.3. The van der Waals surface area contributed by atoms with Crippen molar-refractivity contribution < 1.29 is 23.1 Å². The zero-order valence-corrected chi connectivity index (χ0v) is 9.68. The van der Waals surface area contributed by atoms with E-state index < -0.39 is 31.8 Å². The number of alkyl halides is 3. The molecule has 0 aliphatic heterocycles. The Hall–Kier alpha value is -1.94. The summed E-state index contributed by atoms with van der Waals surface area (Å²) in [7, 11) is 0. The van der Waals surface area contributed by atoms with Crippen LogP contribution in [0.15, 0.2) is 12.4 Å². The van der Waals surface area contributed by atoms with Crippen LogP contribution in [0.4, 0.5) is 19.0 Å². The Morgan fingerprint density at radius 2 is 2.16 bits per heavy atom. The van der Waals surface area contributed by atoms with Crippen LogP contribution in [-0.4, -0.2) is 51.8 Å². The Balaban J connectivity index is 2.91. The van der Waals surface area contributed by atoms with Gasteiger partial charge in [0.2, 0.25) is 0 Å². The molecule has 0 aromatic carbocycles. The molecule has 0 saturated carbocycles. The van der Waals surface area contributed by atoms with Gasteiger partial charge in [0, 0.05) is 6.54 Å². The molecule has 0 radical (unpaired) electrons. The van der Waals surface area contributed by atoms with Gasteiger partial charge in [0.25, 0.3) is 5.91 Å². The van der Waals surface area contributed by atoms with Crippen LogP contribution < -0.4 is 11.3 Å². The van der Waals surface area contributed by atoms with Crippen LogP contribution in [0.3, 0.4) is 0 Å². The summed E-state index contributed by atoms with van der Waals surface area (Å²) in [6, 6.07) is 0. The number of nitrogens with zero attached hydrogens (tertiary/aromatic N) is 3. The largest absolute Gasteiger partial charge is 0.406 e. The number of hydrazine groups is 1. The zero-order chi connectivity index (χ0) is 14.5. The molecule has 0 aliphatic carbocycles. The number of rotatable bonds is 5. The number of amides is 1. The average molecular weight is 279 g/mol. The summed E-state index contributed by atoms with van der Waals surface area (Å²) in [6.07, 6.45) is -2.34. The van der Waals surface area contributed by atoms with Gasteiger partial charge >= 0.3 is 6.18 Å². The van der Waals surface area contributed by atoms with E-state index in [1.807, 2.05) is 0 Å². The van der Waals surface area contributed by atoms with Crippen molar-refractivity contribution in [3.05, 3.63) is 18.1 Å². The molecule has 0 atom stereocenters. The molecule has 0 unspecified atom stereocenters. The number of aromatic nitrogens is 2. The summed E-state index contributed by atoms with van der Waals surface area (Å²) in [5, 5.41) is 8.70. The minimum Gasteiger partial charge on any atom is -0.395 e. The summed E-state index contributed by atoms with van der Waals surface area (Å²) in [6.45, 7) is -2.53. The molecule has 1 aromatic rings. The van der Waals surface area contributed by atoms with Crippen LogP contribution in [-0.2, 0) is 0 Å². The molecule has 1 heterocycles. The smallest absolute Gasteiger partial charge is 0.395 e. The molecule has 1 aromatic heterocycles. The van der Waals surface area contributed by atoms with Crippen molar-refractivity contribution in [1.29, 1.82) is 0 Å². The number of carbonyl (C=O) groups is 1. The zero-order valence-electron chi connectivity index (χ0n) is 9.68. The number of carbonyl (C=O) groups excluding carboxylic acids is 1. The lowest BCUT2D eigenvalue weighted by Crippen LogP contribution is -2.41. The molecule has 1 amide bonds. The van der Waals surface area contributed by atoms with E-state index in [9.17, 15) is 18.0 Å². The Labute approximate surface area is 106 Å². The second-order valence-electron chi connectivity index (χ2n) is 3.50. The van der Waals surface area contributed by atoms with Crippen LogP contribution in [0.1, 0.15) is 10.5 Å². The minimum absolute atomic E-state index is 0.0433. The number of aliphatic hydroxyl groups is 1. The van der Waals surface area contributed by atoms with Gasteiger partial charge in [-0.15, -0.1) is 0 Å². The third kappa shape index (κ3) is 4.67. The quantitative estimate of drug-likeness (QED) is 0.507. The highest BCUT2D eigenvalue weighted by Crippen LogP contribution is 2.17. The third-order valence-corrected chi connectivity index (χ3v) is 2.03. The van der Waals surface area contributed by atoms with Crippen molar-refractivity contribution in [2.24, 2.45) is 5.84 Å². The van der Waals surface area contributed by atoms with Gasteiger partial charge in [-0.2, -0.15) is 13.2 Å². The fourth-order valence-corrected chi connectivity index (χ4v) is 1.29. The number of halogens is 3. The molecular weight excluding hydrogens is 267 g/mol. The fraction of sp³-hybridized carbons (Fsp3) is 0.444. The van der Waals surface area contributed by atoms with Gasteiger partial charge in [-0.3, -0.25) is 9.78 Å². The van der Waals surface area contributed by atoms with E-state index in [4.69, 9.17) is 10.9 Å². The first-order chi connectivity index (χ1) is 8.87. The van der Waals surface area contributed by atoms with Crippen molar-refractivity contribution in [2.45, 2.75) is 6.18 Å². The maximum Gasteiger partial charge on any atom is 0.406 e. The molecule has 106 valence electrons. The van der Waals surface area contributed by atoms with Gasteiger partial charge in [0.15, 0.2) is 5.82 Å². The van der Waals surface area contributed by atoms with E-state index >= 15 is 0 Å². The monoisotopic (exact) mass is 279 g/mol. The third-order valence-electron chi connectivity index (χ3n) is 2.03. The van der Waals surface area contributed by atoms with Gasteiger partial charge in [0.05, 0.1) is 19.0 Å².